The summed E-state index contributed by atoms with van der Waals surface area (Å²) in [7, 11) is 0. The lowest BCUT2D eigenvalue weighted by Crippen LogP contribution is -2.30. The highest BCUT2D eigenvalue weighted by molar-refractivity contribution is 7.98. The fourth-order valence-electron chi connectivity index (χ4n) is 2.74. The quantitative estimate of drug-likeness (QED) is 0.506. The van der Waals surface area contributed by atoms with E-state index in [0.29, 0.717) is 0 Å². The Hall–Kier alpha value is -1.01. The van der Waals surface area contributed by atoms with Crippen LogP contribution in [-0.2, 0) is 0 Å². The number of aliphatic hydroxyl groups is 1. The van der Waals surface area contributed by atoms with Crippen molar-refractivity contribution in [3.63, 3.8) is 0 Å². The van der Waals surface area contributed by atoms with Crippen molar-refractivity contribution < 1.29 is 5.11 Å². The highest BCUT2D eigenvalue weighted by Gasteiger charge is 2.33. The van der Waals surface area contributed by atoms with Crippen molar-refractivity contribution in [3.05, 3.63) is 6.07 Å². The smallest absolute Gasteiger partial charge is 0.191 e. The Morgan fingerprint density at radius 1 is 1.24 bits per heavy atom. The fraction of sp³-hybridized carbons (Fsp3) is 0.733. The van der Waals surface area contributed by atoms with E-state index < -0.39 is 0 Å². The number of nitrogens with zero attached hydrogens (tertiary/aromatic N) is 2. The van der Waals surface area contributed by atoms with Gasteiger partial charge < -0.3 is 15.7 Å². The van der Waals surface area contributed by atoms with Crippen LogP contribution >= 0.6 is 11.8 Å². The molecule has 21 heavy (non-hydrogen) atoms. The third kappa shape index (κ3) is 4.48. The number of rotatable bonds is 8. The molecule has 1 aromatic rings. The van der Waals surface area contributed by atoms with Crippen LogP contribution < -0.4 is 10.6 Å². The molecule has 3 N–H and O–H groups in total. The van der Waals surface area contributed by atoms with Crippen LogP contribution in [0.15, 0.2) is 11.2 Å². The lowest BCUT2D eigenvalue weighted by atomic mass is 9.87. The SMILES string of the molecule is CCCNc1cc(NCC2(CO)CCCC2)nc(SC)n1. The maximum absolute atomic E-state index is 9.68. The minimum atomic E-state index is 0.0292. The number of anilines is 2. The van der Waals surface area contributed by atoms with E-state index in [0.717, 1.165) is 49.1 Å². The first-order chi connectivity index (χ1) is 10.2. The minimum absolute atomic E-state index is 0.0292. The van der Waals surface area contributed by atoms with Gasteiger partial charge in [-0.3, -0.25) is 0 Å². The zero-order valence-corrected chi connectivity index (χ0v) is 13.8. The summed E-state index contributed by atoms with van der Waals surface area (Å²) in [4.78, 5) is 8.96. The van der Waals surface area contributed by atoms with Crippen LogP contribution in [0.3, 0.4) is 0 Å². The summed E-state index contributed by atoms with van der Waals surface area (Å²) in [6, 6.07) is 1.95. The molecule has 1 fully saturated rings. The number of aromatic nitrogens is 2. The molecule has 0 atom stereocenters. The molecule has 0 saturated heterocycles. The van der Waals surface area contributed by atoms with Gasteiger partial charge in [0, 0.05) is 24.6 Å². The number of thioether (sulfide) groups is 1. The monoisotopic (exact) mass is 310 g/mol. The first kappa shape index (κ1) is 16.4. The van der Waals surface area contributed by atoms with E-state index in [4.69, 9.17) is 0 Å². The molecule has 1 saturated carbocycles. The summed E-state index contributed by atoms with van der Waals surface area (Å²) in [5.74, 6) is 1.70. The first-order valence-corrected chi connectivity index (χ1v) is 8.95. The van der Waals surface area contributed by atoms with Gasteiger partial charge in [-0.2, -0.15) is 0 Å². The average molecular weight is 310 g/mol. The topological polar surface area (TPSA) is 70.1 Å². The number of hydrogen-bond acceptors (Lipinski definition) is 6. The van der Waals surface area contributed by atoms with Crippen LogP contribution in [0.2, 0.25) is 0 Å². The Morgan fingerprint density at radius 2 is 1.90 bits per heavy atom. The largest absolute Gasteiger partial charge is 0.396 e. The molecule has 2 rings (SSSR count). The molecular weight excluding hydrogens is 284 g/mol. The van der Waals surface area contributed by atoms with Crippen molar-refractivity contribution in [3.8, 4) is 0 Å². The fourth-order valence-corrected chi connectivity index (χ4v) is 3.12. The van der Waals surface area contributed by atoms with Gasteiger partial charge in [0.2, 0.25) is 0 Å². The predicted octanol–water partition coefficient (Wildman–Crippen LogP) is 2.99. The summed E-state index contributed by atoms with van der Waals surface area (Å²) in [6.45, 7) is 4.07. The zero-order valence-electron chi connectivity index (χ0n) is 13.0. The highest BCUT2D eigenvalue weighted by atomic mass is 32.2. The Kier molecular flexibility index (Phi) is 6.11. The second kappa shape index (κ2) is 7.84. The van der Waals surface area contributed by atoms with Crippen LogP contribution in [-0.4, -0.2) is 41.0 Å². The first-order valence-electron chi connectivity index (χ1n) is 7.73. The van der Waals surface area contributed by atoms with Crippen molar-refractivity contribution in [1.29, 1.82) is 0 Å². The van der Waals surface area contributed by atoms with Gasteiger partial charge in [-0.1, -0.05) is 31.5 Å². The van der Waals surface area contributed by atoms with Crippen molar-refractivity contribution in [2.45, 2.75) is 44.2 Å². The zero-order chi connectivity index (χ0) is 15.1. The molecule has 6 heteroatoms. The van der Waals surface area contributed by atoms with Crippen molar-refractivity contribution >= 4 is 23.4 Å². The van der Waals surface area contributed by atoms with E-state index in [1.807, 2.05) is 12.3 Å². The van der Waals surface area contributed by atoms with Crippen molar-refractivity contribution in [2.75, 3.05) is 36.6 Å². The molecular formula is C15H26N4OS. The lowest BCUT2D eigenvalue weighted by molar-refractivity contribution is 0.142. The molecule has 0 aliphatic heterocycles. The maximum atomic E-state index is 9.68. The van der Waals surface area contributed by atoms with E-state index >= 15 is 0 Å². The molecule has 1 aromatic heterocycles. The van der Waals surface area contributed by atoms with Crippen molar-refractivity contribution in [1.82, 2.24) is 9.97 Å². The van der Waals surface area contributed by atoms with Gasteiger partial charge in [0.1, 0.15) is 11.6 Å². The van der Waals surface area contributed by atoms with Gasteiger partial charge >= 0.3 is 0 Å². The third-order valence-corrected chi connectivity index (χ3v) is 4.64. The molecule has 0 unspecified atom stereocenters. The van der Waals surface area contributed by atoms with E-state index in [1.165, 1.54) is 12.8 Å². The van der Waals surface area contributed by atoms with E-state index in [9.17, 15) is 5.11 Å². The molecule has 118 valence electrons. The summed E-state index contributed by atoms with van der Waals surface area (Å²) in [5, 5.41) is 17.2. The third-order valence-electron chi connectivity index (χ3n) is 4.09. The molecule has 1 aliphatic carbocycles. The van der Waals surface area contributed by atoms with Gasteiger partial charge in [0.05, 0.1) is 6.61 Å². The van der Waals surface area contributed by atoms with Gasteiger partial charge in [-0.05, 0) is 25.5 Å². The molecule has 1 aliphatic rings. The molecule has 0 aromatic carbocycles. The molecule has 1 heterocycles. The van der Waals surface area contributed by atoms with Crippen LogP contribution in [0, 0.1) is 5.41 Å². The molecule has 5 nitrogen and oxygen atoms in total. The predicted molar refractivity (Wildman–Crippen MR) is 89.1 cm³/mol. The van der Waals surface area contributed by atoms with Gasteiger partial charge in [-0.15, -0.1) is 0 Å². The number of aliphatic hydroxyl groups excluding tert-OH is 1. The Balaban J connectivity index is 2.04. The minimum Gasteiger partial charge on any atom is -0.396 e. The number of hydrogen-bond donors (Lipinski definition) is 3. The van der Waals surface area contributed by atoms with Crippen LogP contribution in [0.5, 0.6) is 0 Å². The molecule has 0 radical (unpaired) electrons. The Bertz CT molecular complexity index is 449. The van der Waals surface area contributed by atoms with Crippen LogP contribution in [0.1, 0.15) is 39.0 Å². The van der Waals surface area contributed by atoms with Crippen LogP contribution in [0.4, 0.5) is 11.6 Å². The maximum Gasteiger partial charge on any atom is 0.191 e. The highest BCUT2D eigenvalue weighted by Crippen LogP contribution is 2.37. The normalized spacial score (nSPS) is 16.9. The Morgan fingerprint density at radius 3 is 2.48 bits per heavy atom. The van der Waals surface area contributed by atoms with E-state index in [-0.39, 0.29) is 12.0 Å². The van der Waals surface area contributed by atoms with Gasteiger partial charge in [0.25, 0.3) is 0 Å². The molecule has 0 spiro atoms. The second-order valence-electron chi connectivity index (χ2n) is 5.77. The summed E-state index contributed by atoms with van der Waals surface area (Å²) in [6.07, 6.45) is 7.66. The summed E-state index contributed by atoms with van der Waals surface area (Å²) in [5.41, 5.74) is 0.0292. The van der Waals surface area contributed by atoms with E-state index in [2.05, 4.69) is 27.5 Å². The van der Waals surface area contributed by atoms with Gasteiger partial charge in [0.15, 0.2) is 5.16 Å². The molecule has 0 bridgehead atoms. The average Bonchev–Trinajstić information content (AvgIpc) is 3.00. The van der Waals surface area contributed by atoms with E-state index in [1.54, 1.807) is 11.8 Å². The second-order valence-corrected chi connectivity index (χ2v) is 6.54. The summed E-state index contributed by atoms with van der Waals surface area (Å²) < 4.78 is 0. The van der Waals surface area contributed by atoms with Crippen molar-refractivity contribution in [2.24, 2.45) is 5.41 Å². The van der Waals surface area contributed by atoms with Crippen LogP contribution in [0.25, 0.3) is 0 Å². The lowest BCUT2D eigenvalue weighted by Gasteiger charge is -2.27. The summed E-state index contributed by atoms with van der Waals surface area (Å²) >= 11 is 1.54. The molecule has 0 amide bonds. The standard InChI is InChI=1S/C15H26N4OS/c1-3-8-16-12-9-13(19-14(18-12)21-2)17-10-15(11-20)6-4-5-7-15/h9,20H,3-8,10-11H2,1-2H3,(H2,16,17,18,19). The Labute approximate surface area is 131 Å². The van der Waals surface area contributed by atoms with Gasteiger partial charge in [-0.25, -0.2) is 9.97 Å². The number of nitrogens with one attached hydrogen (secondary N) is 2.